The second kappa shape index (κ2) is 5.77. The molecule has 0 aliphatic carbocycles. The summed E-state index contributed by atoms with van der Waals surface area (Å²) < 4.78 is 7.05. The van der Waals surface area contributed by atoms with Gasteiger partial charge in [0.15, 0.2) is 0 Å². The van der Waals surface area contributed by atoms with Gasteiger partial charge in [-0.3, -0.25) is 14.2 Å². The standard InChI is InChI=1S/C17H21N3O3/c1-12(21)23-11-17(10-19(2)3)8-9-20-15(22)13-6-4-5-7-14(13)18-16(17)20/h4-7H,8-11H2,1-3H3. The number of esters is 1. The summed E-state index contributed by atoms with van der Waals surface area (Å²) in [6, 6.07) is 7.37. The molecule has 0 saturated heterocycles. The highest BCUT2D eigenvalue weighted by Gasteiger charge is 2.43. The topological polar surface area (TPSA) is 64.4 Å². The number of hydrogen-bond donors (Lipinski definition) is 0. The van der Waals surface area contributed by atoms with Gasteiger partial charge < -0.3 is 9.64 Å². The molecule has 0 saturated carbocycles. The lowest BCUT2D eigenvalue weighted by molar-refractivity contribution is -0.143. The summed E-state index contributed by atoms with van der Waals surface area (Å²) >= 11 is 0. The van der Waals surface area contributed by atoms with Crippen molar-refractivity contribution in [3.8, 4) is 0 Å². The van der Waals surface area contributed by atoms with Crippen molar-refractivity contribution in [2.75, 3.05) is 27.2 Å². The number of fused-ring (bicyclic) bond motifs is 2. The lowest BCUT2D eigenvalue weighted by atomic mass is 9.86. The molecule has 0 radical (unpaired) electrons. The van der Waals surface area contributed by atoms with Crippen LogP contribution < -0.4 is 5.56 Å². The number of benzene rings is 1. The molecule has 2 aromatic rings. The van der Waals surface area contributed by atoms with Gasteiger partial charge in [0.05, 0.1) is 16.3 Å². The Kier molecular flexibility index (Phi) is 3.93. The van der Waals surface area contributed by atoms with Crippen LogP contribution in [0.1, 0.15) is 19.2 Å². The van der Waals surface area contributed by atoms with Crippen LogP contribution in [0, 0.1) is 0 Å². The minimum Gasteiger partial charge on any atom is -0.465 e. The predicted molar refractivity (Wildman–Crippen MR) is 87.5 cm³/mol. The third kappa shape index (κ3) is 2.74. The van der Waals surface area contributed by atoms with Crippen molar-refractivity contribution in [3.63, 3.8) is 0 Å². The molecule has 1 atom stereocenters. The van der Waals surface area contributed by atoms with Crippen molar-refractivity contribution < 1.29 is 9.53 Å². The fourth-order valence-corrected chi connectivity index (χ4v) is 3.40. The first-order valence-electron chi connectivity index (χ1n) is 7.71. The first kappa shape index (κ1) is 15.7. The van der Waals surface area contributed by atoms with Crippen LogP contribution in [0.5, 0.6) is 0 Å². The van der Waals surface area contributed by atoms with Crippen molar-refractivity contribution >= 4 is 16.9 Å². The van der Waals surface area contributed by atoms with Crippen LogP contribution in [-0.2, 0) is 21.5 Å². The smallest absolute Gasteiger partial charge is 0.302 e. The zero-order chi connectivity index (χ0) is 16.6. The van der Waals surface area contributed by atoms with Crippen LogP contribution in [0.2, 0.25) is 0 Å². The first-order valence-corrected chi connectivity index (χ1v) is 7.71. The van der Waals surface area contributed by atoms with Crippen molar-refractivity contribution in [1.82, 2.24) is 14.5 Å². The Morgan fingerprint density at radius 1 is 1.39 bits per heavy atom. The van der Waals surface area contributed by atoms with E-state index in [1.54, 1.807) is 10.6 Å². The average molecular weight is 315 g/mol. The Bertz CT molecular complexity index is 812. The van der Waals surface area contributed by atoms with Gasteiger partial charge in [-0.15, -0.1) is 0 Å². The van der Waals surface area contributed by atoms with Gasteiger partial charge >= 0.3 is 5.97 Å². The van der Waals surface area contributed by atoms with Crippen LogP contribution >= 0.6 is 0 Å². The molecule has 0 spiro atoms. The first-order chi connectivity index (χ1) is 10.9. The van der Waals surface area contributed by atoms with Gasteiger partial charge in [-0.25, -0.2) is 4.98 Å². The van der Waals surface area contributed by atoms with E-state index < -0.39 is 5.41 Å². The molecule has 1 aliphatic heterocycles. The normalized spacial score (nSPS) is 20.0. The Morgan fingerprint density at radius 2 is 2.13 bits per heavy atom. The van der Waals surface area contributed by atoms with Crippen molar-refractivity contribution in [3.05, 3.63) is 40.4 Å². The number of rotatable bonds is 4. The fraction of sp³-hybridized carbons (Fsp3) is 0.471. The van der Waals surface area contributed by atoms with Gasteiger partial charge in [0, 0.05) is 20.0 Å². The van der Waals surface area contributed by atoms with Gasteiger partial charge in [-0.2, -0.15) is 0 Å². The van der Waals surface area contributed by atoms with E-state index >= 15 is 0 Å². The molecule has 122 valence electrons. The summed E-state index contributed by atoms with van der Waals surface area (Å²) in [4.78, 5) is 30.8. The highest BCUT2D eigenvalue weighted by atomic mass is 16.5. The van der Waals surface area contributed by atoms with Crippen molar-refractivity contribution in [2.45, 2.75) is 25.3 Å². The molecule has 1 unspecified atom stereocenters. The van der Waals surface area contributed by atoms with Gasteiger partial charge in [0.2, 0.25) is 0 Å². The fourth-order valence-electron chi connectivity index (χ4n) is 3.40. The number of likely N-dealkylation sites (N-methyl/N-ethyl adjacent to an activating group) is 1. The quantitative estimate of drug-likeness (QED) is 0.792. The van der Waals surface area contributed by atoms with Crippen LogP contribution in [0.15, 0.2) is 29.1 Å². The van der Waals surface area contributed by atoms with E-state index in [0.29, 0.717) is 24.0 Å². The Morgan fingerprint density at radius 3 is 2.83 bits per heavy atom. The molecule has 1 aliphatic rings. The number of hydrogen-bond acceptors (Lipinski definition) is 5. The predicted octanol–water partition coefficient (Wildman–Crippen LogP) is 1.16. The zero-order valence-electron chi connectivity index (χ0n) is 13.7. The Labute approximate surface area is 134 Å². The molecule has 6 heteroatoms. The Hall–Kier alpha value is -2.21. The summed E-state index contributed by atoms with van der Waals surface area (Å²) in [7, 11) is 3.94. The summed E-state index contributed by atoms with van der Waals surface area (Å²) in [5.41, 5.74) is 0.226. The SMILES string of the molecule is CC(=O)OCC1(CN(C)C)CCn2c1nc1ccccc1c2=O. The highest BCUT2D eigenvalue weighted by molar-refractivity contribution is 5.77. The number of aromatic nitrogens is 2. The van der Waals surface area contributed by atoms with Crippen molar-refractivity contribution in [1.29, 1.82) is 0 Å². The molecule has 0 N–H and O–H groups in total. The molecule has 2 heterocycles. The maximum atomic E-state index is 12.7. The summed E-state index contributed by atoms with van der Waals surface area (Å²) in [5.74, 6) is 0.404. The van der Waals surface area contributed by atoms with Gasteiger partial charge in [0.1, 0.15) is 12.4 Å². The van der Waals surface area contributed by atoms with E-state index in [9.17, 15) is 9.59 Å². The number of carbonyl (C=O) groups excluding carboxylic acids is 1. The summed E-state index contributed by atoms with van der Waals surface area (Å²) in [6.45, 7) is 2.91. The second-order valence-corrected chi connectivity index (χ2v) is 6.46. The molecule has 23 heavy (non-hydrogen) atoms. The lowest BCUT2D eigenvalue weighted by Crippen LogP contribution is -2.42. The zero-order valence-corrected chi connectivity index (χ0v) is 13.7. The van der Waals surface area contributed by atoms with E-state index in [-0.39, 0.29) is 18.1 Å². The maximum Gasteiger partial charge on any atom is 0.302 e. The van der Waals surface area contributed by atoms with Crippen LogP contribution in [0.25, 0.3) is 10.9 Å². The maximum absolute atomic E-state index is 12.7. The van der Waals surface area contributed by atoms with Gasteiger partial charge in [-0.05, 0) is 32.6 Å². The minimum atomic E-state index is -0.446. The van der Waals surface area contributed by atoms with Crippen LogP contribution in [0.3, 0.4) is 0 Å². The summed E-state index contributed by atoms with van der Waals surface area (Å²) in [5, 5.41) is 0.629. The molecule has 1 aromatic carbocycles. The van der Waals surface area contributed by atoms with Crippen molar-refractivity contribution in [2.24, 2.45) is 0 Å². The third-order valence-electron chi connectivity index (χ3n) is 4.32. The monoisotopic (exact) mass is 315 g/mol. The van der Waals surface area contributed by atoms with E-state index in [1.165, 1.54) is 6.92 Å². The lowest BCUT2D eigenvalue weighted by Gasteiger charge is -2.30. The number of carbonyl (C=O) groups is 1. The minimum absolute atomic E-state index is 0.0194. The highest BCUT2D eigenvalue weighted by Crippen LogP contribution is 2.34. The second-order valence-electron chi connectivity index (χ2n) is 6.46. The molecule has 1 aromatic heterocycles. The number of nitrogens with zero attached hydrogens (tertiary/aromatic N) is 3. The van der Waals surface area contributed by atoms with E-state index in [0.717, 1.165) is 12.2 Å². The third-order valence-corrected chi connectivity index (χ3v) is 4.32. The number of ether oxygens (including phenoxy) is 1. The van der Waals surface area contributed by atoms with E-state index in [1.807, 2.05) is 37.2 Å². The molecule has 3 rings (SSSR count). The molecule has 0 bridgehead atoms. The molecule has 0 fully saturated rings. The van der Waals surface area contributed by atoms with Crippen LogP contribution in [-0.4, -0.2) is 47.7 Å². The molecule has 0 amide bonds. The number of para-hydroxylation sites is 1. The van der Waals surface area contributed by atoms with Gasteiger partial charge in [-0.1, -0.05) is 12.1 Å². The van der Waals surface area contributed by atoms with Crippen LogP contribution in [0.4, 0.5) is 0 Å². The van der Waals surface area contributed by atoms with Gasteiger partial charge in [0.25, 0.3) is 5.56 Å². The Balaban J connectivity index is 2.16. The molecular formula is C17H21N3O3. The van der Waals surface area contributed by atoms with E-state index in [4.69, 9.17) is 9.72 Å². The average Bonchev–Trinajstić information content (AvgIpc) is 2.84. The van der Waals surface area contributed by atoms with E-state index in [2.05, 4.69) is 0 Å². The molecule has 6 nitrogen and oxygen atoms in total. The summed E-state index contributed by atoms with van der Waals surface area (Å²) in [6.07, 6.45) is 0.733. The largest absolute Gasteiger partial charge is 0.465 e. The molecular weight excluding hydrogens is 294 g/mol.